The molecule has 2 N–H and O–H groups in total. The fourth-order valence-corrected chi connectivity index (χ4v) is 4.73. The van der Waals surface area contributed by atoms with Crippen molar-refractivity contribution < 1.29 is 36.9 Å². The number of fused-ring (bicyclic) bond motifs is 3. The van der Waals surface area contributed by atoms with Crippen LogP contribution in [0.4, 0.5) is 18.9 Å². The van der Waals surface area contributed by atoms with Gasteiger partial charge in [-0.3, -0.25) is 14.7 Å². The quantitative estimate of drug-likeness (QED) is 0.438. The number of carbonyl (C=O) groups is 1. The van der Waals surface area contributed by atoms with Gasteiger partial charge in [-0.05, 0) is 24.6 Å². The van der Waals surface area contributed by atoms with E-state index in [0.29, 0.717) is 48.3 Å². The van der Waals surface area contributed by atoms with Crippen LogP contribution in [0.25, 0.3) is 0 Å². The molecule has 0 bridgehead atoms. The molecule has 14 heteroatoms. The van der Waals surface area contributed by atoms with Crippen molar-refractivity contribution in [3.63, 3.8) is 0 Å². The summed E-state index contributed by atoms with van der Waals surface area (Å²) in [5, 5.41) is 0. The van der Waals surface area contributed by atoms with Crippen LogP contribution < -0.4 is 19.9 Å². The molecule has 214 valence electrons. The van der Waals surface area contributed by atoms with Gasteiger partial charge < -0.3 is 29.6 Å². The standard InChI is InChI=1S/C26H29F3N6O5/c1-37-22-18(39-12-2-8-34-10-13-38-14-11-34)5-3-17-20(22)33-25(35-9-7-31-24(17)35)21-16(23(30)36)4-6-19(32-21)40-15-26(27,28)29/h3-6H,2,7-15H2,1H3,(H2,30,36). The zero-order chi connectivity index (χ0) is 28.3. The first-order valence-corrected chi connectivity index (χ1v) is 12.8. The van der Waals surface area contributed by atoms with Crippen LogP contribution in [0.15, 0.2) is 34.3 Å². The average Bonchev–Trinajstić information content (AvgIpc) is 3.44. The highest BCUT2D eigenvalue weighted by Gasteiger charge is 2.36. The van der Waals surface area contributed by atoms with Crippen LogP contribution in [-0.2, 0) is 4.74 Å². The fourth-order valence-electron chi connectivity index (χ4n) is 4.73. The maximum atomic E-state index is 12.8. The molecule has 0 saturated carbocycles. The van der Waals surface area contributed by atoms with Gasteiger partial charge in [-0.25, -0.2) is 9.98 Å². The largest absolute Gasteiger partial charge is 0.491 e. The molecule has 4 heterocycles. The topological polar surface area (TPSA) is 124 Å². The lowest BCUT2D eigenvalue weighted by atomic mass is 10.0. The number of methoxy groups -OCH3 is 1. The summed E-state index contributed by atoms with van der Waals surface area (Å²) >= 11 is 0. The van der Waals surface area contributed by atoms with Crippen LogP contribution >= 0.6 is 0 Å². The minimum atomic E-state index is -4.56. The van der Waals surface area contributed by atoms with E-state index >= 15 is 0 Å². The van der Waals surface area contributed by atoms with Crippen molar-refractivity contribution in [2.75, 3.05) is 66.3 Å². The van der Waals surface area contributed by atoms with Crippen LogP contribution in [0.3, 0.4) is 0 Å². The number of aliphatic imine (C=N–C) groups is 2. The number of morpholine rings is 1. The van der Waals surface area contributed by atoms with E-state index in [4.69, 9.17) is 29.7 Å². The van der Waals surface area contributed by atoms with E-state index in [1.165, 1.54) is 13.2 Å². The van der Waals surface area contributed by atoms with E-state index in [-0.39, 0.29) is 23.0 Å². The Kier molecular flexibility index (Phi) is 8.07. The number of alkyl halides is 3. The van der Waals surface area contributed by atoms with E-state index in [1.807, 2.05) is 6.07 Å². The molecule has 0 radical (unpaired) electrons. The number of pyridine rings is 1. The Labute approximate surface area is 228 Å². The van der Waals surface area contributed by atoms with Gasteiger partial charge in [-0.2, -0.15) is 13.2 Å². The van der Waals surface area contributed by atoms with Gasteiger partial charge in [0.15, 0.2) is 23.9 Å². The second-order valence-corrected chi connectivity index (χ2v) is 9.26. The second kappa shape index (κ2) is 11.7. The van der Waals surface area contributed by atoms with Crippen LogP contribution in [0, 0.1) is 0 Å². The van der Waals surface area contributed by atoms with Crippen LogP contribution in [0.5, 0.6) is 17.4 Å². The summed E-state index contributed by atoms with van der Waals surface area (Å²) < 4.78 is 60.3. The van der Waals surface area contributed by atoms with Crippen molar-refractivity contribution in [1.82, 2.24) is 14.8 Å². The highest BCUT2D eigenvalue weighted by atomic mass is 19.4. The maximum absolute atomic E-state index is 12.8. The third-order valence-electron chi connectivity index (χ3n) is 6.57. The second-order valence-electron chi connectivity index (χ2n) is 9.26. The van der Waals surface area contributed by atoms with Gasteiger partial charge in [0, 0.05) is 37.8 Å². The monoisotopic (exact) mass is 562 g/mol. The van der Waals surface area contributed by atoms with Crippen molar-refractivity contribution in [2.45, 2.75) is 12.6 Å². The Bertz CT molecular complexity index is 1330. The molecule has 0 atom stereocenters. The summed E-state index contributed by atoms with van der Waals surface area (Å²) in [5.41, 5.74) is 6.63. The van der Waals surface area contributed by atoms with Gasteiger partial charge in [-0.1, -0.05) is 0 Å². The summed E-state index contributed by atoms with van der Waals surface area (Å²) in [4.78, 5) is 29.9. The van der Waals surface area contributed by atoms with E-state index in [0.717, 1.165) is 45.3 Å². The molecule has 1 amide bonds. The van der Waals surface area contributed by atoms with Gasteiger partial charge in [0.1, 0.15) is 17.2 Å². The number of amidine groups is 2. The molecule has 1 saturated heterocycles. The number of carbonyl (C=O) groups excluding carboxylic acids is 1. The number of nitrogens with two attached hydrogens (primary N) is 1. The Hall–Kier alpha value is -3.91. The molecule has 3 aliphatic heterocycles. The number of halogens is 3. The number of benzene rings is 1. The Morgan fingerprint density at radius 1 is 1.10 bits per heavy atom. The Morgan fingerprint density at radius 3 is 2.62 bits per heavy atom. The molecule has 0 aliphatic carbocycles. The molecule has 1 fully saturated rings. The lowest BCUT2D eigenvalue weighted by Gasteiger charge is -2.29. The Morgan fingerprint density at radius 2 is 1.90 bits per heavy atom. The van der Waals surface area contributed by atoms with Crippen molar-refractivity contribution in [1.29, 1.82) is 0 Å². The predicted octanol–water partition coefficient (Wildman–Crippen LogP) is 2.39. The highest BCUT2D eigenvalue weighted by Crippen LogP contribution is 2.44. The van der Waals surface area contributed by atoms with Crippen molar-refractivity contribution >= 4 is 23.3 Å². The third-order valence-corrected chi connectivity index (χ3v) is 6.57. The van der Waals surface area contributed by atoms with Gasteiger partial charge in [-0.15, -0.1) is 0 Å². The average molecular weight is 563 g/mol. The molecule has 2 aromatic rings. The normalized spacial score (nSPS) is 17.1. The molecule has 40 heavy (non-hydrogen) atoms. The van der Waals surface area contributed by atoms with Gasteiger partial charge in [0.2, 0.25) is 5.88 Å². The third kappa shape index (κ3) is 5.97. The van der Waals surface area contributed by atoms with Crippen molar-refractivity contribution in [3.05, 3.63) is 41.1 Å². The molecular weight excluding hydrogens is 533 g/mol. The van der Waals surface area contributed by atoms with Crippen LogP contribution in [0.2, 0.25) is 0 Å². The fraction of sp³-hybridized carbons (Fsp3) is 0.462. The number of amides is 1. The molecule has 5 rings (SSSR count). The molecular formula is C26H29F3N6O5. The number of hydrogen-bond donors (Lipinski definition) is 1. The molecule has 0 spiro atoms. The smallest absolute Gasteiger partial charge is 0.422 e. The van der Waals surface area contributed by atoms with Crippen LogP contribution in [0.1, 0.15) is 28.0 Å². The summed E-state index contributed by atoms with van der Waals surface area (Å²) in [5.74, 6) is 0.450. The lowest BCUT2D eigenvalue weighted by molar-refractivity contribution is -0.154. The summed E-state index contributed by atoms with van der Waals surface area (Å²) in [6.45, 7) is 3.87. The van der Waals surface area contributed by atoms with Gasteiger partial charge in [0.25, 0.3) is 5.91 Å². The van der Waals surface area contributed by atoms with Crippen molar-refractivity contribution in [3.8, 4) is 17.4 Å². The lowest BCUT2D eigenvalue weighted by Crippen LogP contribution is -2.39. The summed E-state index contributed by atoms with van der Waals surface area (Å²) in [6, 6.07) is 6.06. The first kappa shape index (κ1) is 27.6. The molecule has 1 aromatic carbocycles. The highest BCUT2D eigenvalue weighted by molar-refractivity contribution is 6.22. The minimum absolute atomic E-state index is 0.0219. The maximum Gasteiger partial charge on any atom is 0.422 e. The SMILES string of the molecule is COc1c(OCCCN2CCOCC2)ccc2c1N=C(c1nc(OCC(F)(F)F)ccc1C(N)=O)N1CCN=C21. The number of nitrogens with zero attached hydrogens (tertiary/aromatic N) is 5. The first-order chi connectivity index (χ1) is 19.2. The van der Waals surface area contributed by atoms with Crippen molar-refractivity contribution in [2.24, 2.45) is 15.7 Å². The van der Waals surface area contributed by atoms with Gasteiger partial charge in [0.05, 0.1) is 39.0 Å². The first-order valence-electron chi connectivity index (χ1n) is 12.8. The Balaban J connectivity index is 1.47. The van der Waals surface area contributed by atoms with E-state index in [1.54, 1.807) is 11.0 Å². The number of primary amides is 1. The minimum Gasteiger partial charge on any atom is -0.491 e. The zero-order valence-corrected chi connectivity index (χ0v) is 21.9. The molecule has 1 aromatic heterocycles. The summed E-state index contributed by atoms with van der Waals surface area (Å²) in [6.07, 6.45) is -3.77. The zero-order valence-electron chi connectivity index (χ0n) is 21.9. The summed E-state index contributed by atoms with van der Waals surface area (Å²) in [7, 11) is 1.49. The van der Waals surface area contributed by atoms with Gasteiger partial charge >= 0.3 is 6.18 Å². The van der Waals surface area contributed by atoms with E-state index < -0.39 is 18.7 Å². The van der Waals surface area contributed by atoms with E-state index in [2.05, 4.69) is 14.9 Å². The molecule has 3 aliphatic rings. The number of ether oxygens (including phenoxy) is 4. The molecule has 0 unspecified atom stereocenters. The number of hydrogen-bond acceptors (Lipinski definition) is 10. The number of rotatable bonds is 10. The van der Waals surface area contributed by atoms with E-state index in [9.17, 15) is 18.0 Å². The number of aromatic nitrogens is 1. The molecule has 11 nitrogen and oxygen atoms in total. The predicted molar refractivity (Wildman–Crippen MR) is 139 cm³/mol. The van der Waals surface area contributed by atoms with Crippen LogP contribution in [-0.4, -0.2) is 105 Å².